The van der Waals surface area contributed by atoms with Crippen molar-refractivity contribution in [3.63, 3.8) is 0 Å². The van der Waals surface area contributed by atoms with Crippen LogP contribution in [0.2, 0.25) is 0 Å². The first-order valence-electron chi connectivity index (χ1n) is 12.1. The van der Waals surface area contributed by atoms with Gasteiger partial charge in [0, 0.05) is 29.6 Å². The van der Waals surface area contributed by atoms with Crippen LogP contribution in [0.3, 0.4) is 0 Å². The lowest BCUT2D eigenvalue weighted by Crippen LogP contribution is -2.31. The molecule has 0 aliphatic carbocycles. The molecule has 4 rings (SSSR count). The van der Waals surface area contributed by atoms with Crippen molar-refractivity contribution >= 4 is 34.0 Å². The van der Waals surface area contributed by atoms with Crippen LogP contribution in [0.25, 0.3) is 5.57 Å². The van der Waals surface area contributed by atoms with Crippen molar-refractivity contribution in [1.29, 1.82) is 0 Å². The number of hydrogen-bond acceptors (Lipinski definition) is 3. The second kappa shape index (κ2) is 10.3. The largest absolute Gasteiger partial charge is 0.306 e. The van der Waals surface area contributed by atoms with E-state index in [1.165, 1.54) is 71.9 Å². The average Bonchev–Trinajstić information content (AvgIpc) is 3.26. The van der Waals surface area contributed by atoms with Gasteiger partial charge in [0.15, 0.2) is 0 Å². The number of aliphatic imine (C=N–C) groups is 1. The Hall–Kier alpha value is -1.74. The minimum absolute atomic E-state index is 0.480. The monoisotopic (exact) mass is 436 g/mol. The zero-order valence-corrected chi connectivity index (χ0v) is 20.5. The highest BCUT2D eigenvalue weighted by molar-refractivity contribution is 7.11. The number of likely N-dealkylation sites (tertiary alicyclic amines) is 1. The minimum atomic E-state index is 0.480. The highest BCUT2D eigenvalue weighted by Crippen LogP contribution is 2.33. The maximum atomic E-state index is 5.26. The number of fused-ring (bicyclic) bond motifs is 2. The molecule has 31 heavy (non-hydrogen) atoms. The number of hydrogen-bond donors (Lipinski definition) is 0. The van der Waals surface area contributed by atoms with Gasteiger partial charge in [0.1, 0.15) is 0 Å². The van der Waals surface area contributed by atoms with Crippen LogP contribution in [0.4, 0.5) is 0 Å². The average molecular weight is 437 g/mol. The molecule has 1 aromatic rings. The first kappa shape index (κ1) is 22.5. The Kier molecular flexibility index (Phi) is 7.43. The van der Waals surface area contributed by atoms with E-state index in [0.29, 0.717) is 17.8 Å². The van der Waals surface area contributed by atoms with Crippen LogP contribution in [-0.4, -0.2) is 42.2 Å². The first-order valence-corrected chi connectivity index (χ1v) is 13.0. The molecule has 3 nitrogen and oxygen atoms in total. The summed E-state index contributed by atoms with van der Waals surface area (Å²) in [7, 11) is 2.27. The predicted octanol–water partition coefficient (Wildman–Crippen LogP) is 6.02. The SMILES string of the molecule is CCC1C=C2CC(=[N+]=C(C)C1C)CC(c1cccs1)=CN=C2C1CCCCN(C)CC1. The second-order valence-corrected chi connectivity index (χ2v) is 10.6. The minimum Gasteiger partial charge on any atom is -0.306 e. The van der Waals surface area contributed by atoms with Crippen molar-refractivity contribution < 1.29 is 0 Å². The van der Waals surface area contributed by atoms with Gasteiger partial charge in [-0.05, 0) is 74.3 Å². The summed E-state index contributed by atoms with van der Waals surface area (Å²) in [5.74, 6) is 1.57. The molecular formula is C27H38N3S+. The quantitative estimate of drug-likeness (QED) is 0.533. The summed E-state index contributed by atoms with van der Waals surface area (Å²) in [6.07, 6.45) is 12.8. The summed E-state index contributed by atoms with van der Waals surface area (Å²) < 4.78 is 5.22. The summed E-state index contributed by atoms with van der Waals surface area (Å²) in [5, 5.41) is 2.17. The van der Waals surface area contributed by atoms with Crippen molar-refractivity contribution in [3.05, 3.63) is 40.2 Å². The van der Waals surface area contributed by atoms with Crippen LogP contribution >= 0.6 is 11.3 Å². The molecule has 166 valence electrons. The smallest absolute Gasteiger partial charge is 0.289 e. The summed E-state index contributed by atoms with van der Waals surface area (Å²) in [6.45, 7) is 9.29. The Morgan fingerprint density at radius 1 is 1.16 bits per heavy atom. The third-order valence-corrected chi connectivity index (χ3v) is 8.37. The molecule has 1 aromatic heterocycles. The lowest BCUT2D eigenvalue weighted by Gasteiger charge is -2.28. The van der Waals surface area contributed by atoms with Gasteiger partial charge in [-0.3, -0.25) is 4.99 Å². The highest BCUT2D eigenvalue weighted by Gasteiger charge is 2.32. The van der Waals surface area contributed by atoms with E-state index >= 15 is 0 Å². The van der Waals surface area contributed by atoms with Crippen LogP contribution in [0.5, 0.6) is 0 Å². The molecule has 3 aliphatic rings. The normalized spacial score (nSPS) is 28.4. The third kappa shape index (κ3) is 5.37. The van der Waals surface area contributed by atoms with Crippen molar-refractivity contribution in [1.82, 2.24) is 9.57 Å². The van der Waals surface area contributed by atoms with Crippen molar-refractivity contribution in [2.24, 2.45) is 22.7 Å². The fraction of sp³-hybridized carbons (Fsp3) is 0.593. The Labute approximate surface area is 192 Å². The lowest BCUT2D eigenvalue weighted by atomic mass is 9.80. The fourth-order valence-electron chi connectivity index (χ4n) is 5.29. The molecule has 0 saturated carbocycles. The summed E-state index contributed by atoms with van der Waals surface area (Å²) >= 11 is 1.81. The lowest BCUT2D eigenvalue weighted by molar-refractivity contribution is 0.281. The van der Waals surface area contributed by atoms with Crippen LogP contribution < -0.4 is 4.67 Å². The molecule has 1 fully saturated rings. The maximum Gasteiger partial charge on any atom is 0.289 e. The number of rotatable bonds is 3. The van der Waals surface area contributed by atoms with Crippen molar-refractivity contribution in [2.75, 3.05) is 20.1 Å². The van der Waals surface area contributed by atoms with Gasteiger partial charge in [-0.1, -0.05) is 32.4 Å². The zero-order valence-electron chi connectivity index (χ0n) is 19.7. The molecule has 0 amide bonds. The van der Waals surface area contributed by atoms with E-state index in [1.54, 1.807) is 0 Å². The Bertz CT molecular complexity index is 928. The molecule has 2 bridgehead atoms. The fourth-order valence-corrected chi connectivity index (χ4v) is 6.02. The van der Waals surface area contributed by atoms with Gasteiger partial charge in [0.05, 0.1) is 18.8 Å². The van der Waals surface area contributed by atoms with Crippen molar-refractivity contribution in [2.45, 2.75) is 65.7 Å². The van der Waals surface area contributed by atoms with Gasteiger partial charge in [-0.15, -0.1) is 16.0 Å². The van der Waals surface area contributed by atoms with Gasteiger partial charge in [0.25, 0.3) is 11.4 Å². The van der Waals surface area contributed by atoms with E-state index in [2.05, 4.69) is 62.5 Å². The van der Waals surface area contributed by atoms with E-state index in [9.17, 15) is 0 Å². The zero-order chi connectivity index (χ0) is 21.8. The summed E-state index contributed by atoms with van der Waals surface area (Å²) in [5.41, 5.74) is 6.72. The molecule has 3 atom stereocenters. The summed E-state index contributed by atoms with van der Waals surface area (Å²) in [6, 6.07) is 4.37. The van der Waals surface area contributed by atoms with Crippen LogP contribution in [-0.2, 0) is 0 Å². The molecule has 0 spiro atoms. The molecule has 3 unspecified atom stereocenters. The van der Waals surface area contributed by atoms with Crippen LogP contribution in [0.1, 0.15) is 70.6 Å². The van der Waals surface area contributed by atoms with E-state index in [1.807, 2.05) is 11.3 Å². The van der Waals surface area contributed by atoms with Gasteiger partial charge >= 0.3 is 0 Å². The molecule has 0 aromatic carbocycles. The predicted molar refractivity (Wildman–Crippen MR) is 137 cm³/mol. The standard InChI is InChI=1S/C27H38N3S/c1-5-21-15-23-16-25(29-20(3)19(21)2)17-24(26-10-8-14-31-26)18-28-27(23)22-9-6-7-12-30(4)13-11-22/h8,10,14-15,18-19,21-22H,5-7,9,11-13,16-17H2,1-4H3/q+1. The number of thiophene rings is 1. The summed E-state index contributed by atoms with van der Waals surface area (Å²) in [4.78, 5) is 9.09. The van der Waals surface area contributed by atoms with E-state index in [0.717, 1.165) is 19.3 Å². The molecule has 4 heteroatoms. The van der Waals surface area contributed by atoms with Gasteiger partial charge < -0.3 is 4.90 Å². The second-order valence-electron chi connectivity index (χ2n) is 9.66. The molecular weight excluding hydrogens is 398 g/mol. The molecule has 1 saturated heterocycles. The Morgan fingerprint density at radius 2 is 2.00 bits per heavy atom. The molecule has 0 N–H and O–H groups in total. The van der Waals surface area contributed by atoms with E-state index < -0.39 is 0 Å². The topological polar surface area (TPSA) is 29.7 Å². The molecule has 0 radical (unpaired) electrons. The highest BCUT2D eigenvalue weighted by atomic mass is 32.1. The third-order valence-electron chi connectivity index (χ3n) is 7.43. The Balaban J connectivity index is 1.81. The van der Waals surface area contributed by atoms with E-state index in [-0.39, 0.29) is 0 Å². The number of nitrogens with zero attached hydrogens (tertiary/aromatic N) is 3. The van der Waals surface area contributed by atoms with E-state index in [4.69, 9.17) is 9.66 Å². The number of allylic oxidation sites excluding steroid dienone is 3. The van der Waals surface area contributed by atoms with Gasteiger partial charge in [-0.25, -0.2) is 0 Å². The van der Waals surface area contributed by atoms with Crippen LogP contribution in [0.15, 0.2) is 40.4 Å². The maximum absolute atomic E-state index is 5.26. The van der Waals surface area contributed by atoms with Gasteiger partial charge in [-0.2, -0.15) is 0 Å². The van der Waals surface area contributed by atoms with Crippen LogP contribution in [0, 0.1) is 17.8 Å². The molecule has 4 heterocycles. The Morgan fingerprint density at radius 3 is 2.77 bits per heavy atom. The van der Waals surface area contributed by atoms with Gasteiger partial charge in [0.2, 0.25) is 0 Å². The molecule has 3 aliphatic heterocycles. The van der Waals surface area contributed by atoms with Crippen molar-refractivity contribution in [3.8, 4) is 0 Å². The first-order chi connectivity index (χ1) is 15.0.